The van der Waals surface area contributed by atoms with Crippen molar-refractivity contribution in [1.29, 1.82) is 0 Å². The predicted molar refractivity (Wildman–Crippen MR) is 89.5 cm³/mol. The Morgan fingerprint density at radius 1 is 1.17 bits per heavy atom. The van der Waals surface area contributed by atoms with Crippen molar-refractivity contribution in [3.63, 3.8) is 0 Å². The summed E-state index contributed by atoms with van der Waals surface area (Å²) in [7, 11) is 0. The number of urea groups is 1. The number of nitrogens with zero attached hydrogens (tertiary/aromatic N) is 1. The minimum atomic E-state index is -0.436. The average Bonchev–Trinajstić information content (AvgIpc) is 2.87. The molecule has 6 heteroatoms. The fourth-order valence-electron chi connectivity index (χ4n) is 2.59. The highest BCUT2D eigenvalue weighted by molar-refractivity contribution is 6.06. The quantitative estimate of drug-likeness (QED) is 0.848. The molecule has 6 nitrogen and oxygen atoms in total. The van der Waals surface area contributed by atoms with Gasteiger partial charge in [-0.1, -0.05) is 30.3 Å². The lowest BCUT2D eigenvalue weighted by molar-refractivity contribution is -0.125. The van der Waals surface area contributed by atoms with Crippen LogP contribution in [-0.2, 0) is 11.3 Å². The van der Waals surface area contributed by atoms with E-state index in [0.717, 1.165) is 10.5 Å². The van der Waals surface area contributed by atoms with Gasteiger partial charge in [-0.3, -0.25) is 14.5 Å². The Kier molecular flexibility index (Phi) is 4.29. The molecule has 2 N–H and O–H groups in total. The number of amides is 4. The van der Waals surface area contributed by atoms with Gasteiger partial charge >= 0.3 is 6.03 Å². The van der Waals surface area contributed by atoms with Crippen LogP contribution in [0.25, 0.3) is 0 Å². The SMILES string of the molecule is Cc1cccc(NC(=O)c2ccccc2CN2C(=O)CNC2=O)c1. The molecule has 4 amide bonds. The molecule has 122 valence electrons. The van der Waals surface area contributed by atoms with E-state index < -0.39 is 6.03 Å². The number of carbonyl (C=O) groups is 3. The van der Waals surface area contributed by atoms with Crippen molar-refractivity contribution in [2.75, 3.05) is 11.9 Å². The van der Waals surface area contributed by atoms with Crippen molar-refractivity contribution in [2.45, 2.75) is 13.5 Å². The van der Waals surface area contributed by atoms with E-state index in [0.29, 0.717) is 16.8 Å². The van der Waals surface area contributed by atoms with Gasteiger partial charge in [0.25, 0.3) is 5.91 Å². The molecule has 0 unspecified atom stereocenters. The zero-order chi connectivity index (χ0) is 17.1. The summed E-state index contributed by atoms with van der Waals surface area (Å²) in [5.74, 6) is -0.572. The number of aryl methyl sites for hydroxylation is 1. The molecule has 2 aromatic carbocycles. The molecule has 0 spiro atoms. The van der Waals surface area contributed by atoms with Crippen LogP contribution in [0.5, 0.6) is 0 Å². The van der Waals surface area contributed by atoms with Crippen LogP contribution in [0.4, 0.5) is 10.5 Å². The first-order valence-corrected chi connectivity index (χ1v) is 7.59. The third-order valence-electron chi connectivity index (χ3n) is 3.80. The third kappa shape index (κ3) is 3.27. The highest BCUT2D eigenvalue weighted by atomic mass is 16.2. The first kappa shape index (κ1) is 15.7. The molecule has 24 heavy (non-hydrogen) atoms. The van der Waals surface area contributed by atoms with Gasteiger partial charge in [0.1, 0.15) is 0 Å². The second-order valence-corrected chi connectivity index (χ2v) is 5.62. The smallest absolute Gasteiger partial charge is 0.324 e. The summed E-state index contributed by atoms with van der Waals surface area (Å²) in [4.78, 5) is 37.1. The van der Waals surface area contributed by atoms with Crippen molar-refractivity contribution in [1.82, 2.24) is 10.2 Å². The van der Waals surface area contributed by atoms with Crippen molar-refractivity contribution >= 4 is 23.5 Å². The normalized spacial score (nSPS) is 13.8. The monoisotopic (exact) mass is 323 g/mol. The van der Waals surface area contributed by atoms with E-state index in [1.165, 1.54) is 0 Å². The van der Waals surface area contributed by atoms with E-state index in [1.54, 1.807) is 24.3 Å². The Labute approximate surface area is 139 Å². The number of hydrogen-bond donors (Lipinski definition) is 2. The lowest BCUT2D eigenvalue weighted by Gasteiger charge is -2.15. The first-order chi connectivity index (χ1) is 11.5. The minimum absolute atomic E-state index is 0.00348. The van der Waals surface area contributed by atoms with Gasteiger partial charge in [-0.15, -0.1) is 0 Å². The Balaban J connectivity index is 1.82. The zero-order valence-electron chi connectivity index (χ0n) is 13.2. The average molecular weight is 323 g/mol. The van der Waals surface area contributed by atoms with Gasteiger partial charge in [0.05, 0.1) is 13.1 Å². The van der Waals surface area contributed by atoms with Gasteiger partial charge in [-0.05, 0) is 36.2 Å². The fourth-order valence-corrected chi connectivity index (χ4v) is 2.59. The topological polar surface area (TPSA) is 78.5 Å². The van der Waals surface area contributed by atoms with Gasteiger partial charge in [-0.25, -0.2) is 4.79 Å². The molecule has 0 radical (unpaired) electrons. The summed E-state index contributed by atoms with van der Waals surface area (Å²) in [6, 6.07) is 14.0. The second-order valence-electron chi connectivity index (χ2n) is 5.62. The number of nitrogens with one attached hydrogen (secondary N) is 2. The minimum Gasteiger partial charge on any atom is -0.329 e. The van der Waals surface area contributed by atoms with E-state index in [2.05, 4.69) is 10.6 Å². The van der Waals surface area contributed by atoms with Crippen molar-refractivity contribution in [2.24, 2.45) is 0 Å². The maximum atomic E-state index is 12.6. The van der Waals surface area contributed by atoms with E-state index >= 15 is 0 Å². The number of rotatable bonds is 4. The molecule has 1 aliphatic rings. The molecular weight excluding hydrogens is 306 g/mol. The third-order valence-corrected chi connectivity index (χ3v) is 3.80. The summed E-state index contributed by atoms with van der Waals surface area (Å²) in [6.07, 6.45) is 0. The highest BCUT2D eigenvalue weighted by Gasteiger charge is 2.29. The van der Waals surface area contributed by atoms with Crippen LogP contribution in [-0.4, -0.2) is 29.3 Å². The van der Waals surface area contributed by atoms with Crippen LogP contribution in [0.15, 0.2) is 48.5 Å². The van der Waals surface area contributed by atoms with Gasteiger partial charge in [-0.2, -0.15) is 0 Å². The molecule has 0 atom stereocenters. The molecule has 1 saturated heterocycles. The second kappa shape index (κ2) is 6.54. The standard InChI is InChI=1S/C18H17N3O3/c1-12-5-4-7-14(9-12)20-17(23)15-8-3-2-6-13(15)11-21-16(22)10-19-18(21)24/h2-9H,10-11H2,1H3,(H,19,24)(H,20,23). The predicted octanol–water partition coefficient (Wildman–Crippen LogP) is 2.30. The summed E-state index contributed by atoms with van der Waals surface area (Å²) < 4.78 is 0. The van der Waals surface area contributed by atoms with E-state index in [1.807, 2.05) is 31.2 Å². The van der Waals surface area contributed by atoms with Gasteiger partial charge in [0, 0.05) is 11.3 Å². The summed E-state index contributed by atoms with van der Waals surface area (Å²) >= 11 is 0. The summed E-state index contributed by atoms with van der Waals surface area (Å²) in [5, 5.41) is 5.32. The Morgan fingerprint density at radius 2 is 1.96 bits per heavy atom. The Hall–Kier alpha value is -3.15. The van der Waals surface area contributed by atoms with E-state index in [4.69, 9.17) is 0 Å². The summed E-state index contributed by atoms with van der Waals surface area (Å²) in [6.45, 7) is 2.01. The number of anilines is 1. The molecule has 0 aliphatic carbocycles. The fraction of sp³-hybridized carbons (Fsp3) is 0.167. The van der Waals surface area contributed by atoms with Crippen LogP contribution in [0.3, 0.4) is 0 Å². The van der Waals surface area contributed by atoms with Crippen LogP contribution in [0.1, 0.15) is 21.5 Å². The number of hydrogen-bond acceptors (Lipinski definition) is 3. The lowest BCUT2D eigenvalue weighted by Crippen LogP contribution is -2.31. The number of carbonyl (C=O) groups excluding carboxylic acids is 3. The molecule has 1 aliphatic heterocycles. The van der Waals surface area contributed by atoms with E-state index in [-0.39, 0.29) is 24.9 Å². The van der Waals surface area contributed by atoms with Crippen molar-refractivity contribution in [3.8, 4) is 0 Å². The maximum absolute atomic E-state index is 12.6. The van der Waals surface area contributed by atoms with E-state index in [9.17, 15) is 14.4 Å². The molecular formula is C18H17N3O3. The molecule has 0 aromatic heterocycles. The van der Waals surface area contributed by atoms with Crippen LogP contribution in [0, 0.1) is 6.92 Å². The number of benzene rings is 2. The molecule has 1 heterocycles. The lowest BCUT2D eigenvalue weighted by atomic mass is 10.1. The maximum Gasteiger partial charge on any atom is 0.324 e. The van der Waals surface area contributed by atoms with Crippen LogP contribution in [0.2, 0.25) is 0 Å². The van der Waals surface area contributed by atoms with Gasteiger partial charge in [0.15, 0.2) is 0 Å². The Bertz CT molecular complexity index is 801. The highest BCUT2D eigenvalue weighted by Crippen LogP contribution is 2.17. The Morgan fingerprint density at radius 3 is 2.67 bits per heavy atom. The molecule has 3 rings (SSSR count). The molecule has 1 fully saturated rings. The molecule has 0 saturated carbocycles. The number of imide groups is 1. The molecule has 2 aromatic rings. The summed E-state index contributed by atoms with van der Waals surface area (Å²) in [5.41, 5.74) is 2.80. The van der Waals surface area contributed by atoms with Crippen molar-refractivity contribution in [3.05, 3.63) is 65.2 Å². The molecule has 0 bridgehead atoms. The first-order valence-electron chi connectivity index (χ1n) is 7.59. The largest absolute Gasteiger partial charge is 0.329 e. The van der Waals surface area contributed by atoms with Crippen LogP contribution < -0.4 is 10.6 Å². The van der Waals surface area contributed by atoms with Crippen molar-refractivity contribution < 1.29 is 14.4 Å². The van der Waals surface area contributed by atoms with Gasteiger partial charge in [0.2, 0.25) is 5.91 Å². The van der Waals surface area contributed by atoms with Crippen LogP contribution >= 0.6 is 0 Å². The van der Waals surface area contributed by atoms with Gasteiger partial charge < -0.3 is 10.6 Å². The zero-order valence-corrected chi connectivity index (χ0v) is 13.2.